The Balaban J connectivity index is 2.13. The Kier molecular flexibility index (Phi) is 7.06. The molecule has 112 valence electrons. The number of allylic oxidation sites excluding steroid dienone is 1. The third-order valence-corrected chi connectivity index (χ3v) is 3.57. The molecule has 0 bridgehead atoms. The van der Waals surface area contributed by atoms with Gasteiger partial charge in [-0.3, -0.25) is 0 Å². The minimum Gasteiger partial charge on any atom is -0.0979 e. The molecule has 0 heterocycles. The van der Waals surface area contributed by atoms with Crippen molar-refractivity contribution in [3.8, 4) is 11.8 Å². The first-order valence-electron chi connectivity index (χ1n) is 8.21. The van der Waals surface area contributed by atoms with E-state index >= 15 is 0 Å². The third kappa shape index (κ3) is 5.62. The van der Waals surface area contributed by atoms with Gasteiger partial charge in [0.25, 0.3) is 0 Å². The van der Waals surface area contributed by atoms with Crippen molar-refractivity contribution in [1.82, 2.24) is 0 Å². The number of rotatable bonds is 6. The molecule has 0 aliphatic rings. The van der Waals surface area contributed by atoms with Gasteiger partial charge < -0.3 is 0 Å². The van der Waals surface area contributed by atoms with Crippen molar-refractivity contribution in [2.45, 2.75) is 39.0 Å². The molecule has 0 fully saturated rings. The smallest absolute Gasteiger partial charge is 0.0323 e. The summed E-state index contributed by atoms with van der Waals surface area (Å²) in [5.41, 5.74) is 3.48. The van der Waals surface area contributed by atoms with Gasteiger partial charge in [0.05, 0.1) is 0 Å². The van der Waals surface area contributed by atoms with Crippen LogP contribution in [0.2, 0.25) is 0 Å². The fourth-order valence-corrected chi connectivity index (χ4v) is 2.32. The number of benzene rings is 2. The highest BCUT2D eigenvalue weighted by Crippen LogP contribution is 2.17. The molecule has 0 heteroatoms. The Labute approximate surface area is 134 Å². The van der Waals surface area contributed by atoms with E-state index in [9.17, 15) is 0 Å². The van der Waals surface area contributed by atoms with Crippen LogP contribution in [-0.2, 0) is 0 Å². The predicted molar refractivity (Wildman–Crippen MR) is 97.3 cm³/mol. The van der Waals surface area contributed by atoms with Crippen molar-refractivity contribution in [1.29, 1.82) is 0 Å². The molecule has 0 amide bonds. The van der Waals surface area contributed by atoms with Crippen molar-refractivity contribution < 1.29 is 0 Å². The largest absolute Gasteiger partial charge is 0.0979 e. The lowest BCUT2D eigenvalue weighted by Gasteiger charge is -2.01. The summed E-state index contributed by atoms with van der Waals surface area (Å²) in [6.45, 7) is 2.24. The molecular formula is C22H24. The van der Waals surface area contributed by atoms with E-state index in [1.54, 1.807) is 0 Å². The zero-order valence-electron chi connectivity index (χ0n) is 13.4. The van der Waals surface area contributed by atoms with Crippen LogP contribution >= 0.6 is 0 Å². The maximum Gasteiger partial charge on any atom is 0.0323 e. The molecule has 0 N–H and O–H groups in total. The fraction of sp³-hybridized carbons (Fsp3) is 0.273. The molecule has 0 saturated carbocycles. The Morgan fingerprint density at radius 1 is 0.864 bits per heavy atom. The first-order chi connectivity index (χ1) is 10.9. The van der Waals surface area contributed by atoms with Crippen LogP contribution in [-0.4, -0.2) is 0 Å². The van der Waals surface area contributed by atoms with Crippen molar-refractivity contribution in [3.63, 3.8) is 0 Å². The van der Waals surface area contributed by atoms with E-state index in [1.807, 2.05) is 12.1 Å². The van der Waals surface area contributed by atoms with Crippen LogP contribution in [0.3, 0.4) is 0 Å². The van der Waals surface area contributed by atoms with E-state index < -0.39 is 0 Å². The highest BCUT2D eigenvalue weighted by Gasteiger charge is 1.98. The molecule has 0 nitrogen and oxygen atoms in total. The second kappa shape index (κ2) is 9.64. The number of hydrogen-bond acceptors (Lipinski definition) is 0. The van der Waals surface area contributed by atoms with Crippen molar-refractivity contribution in [2.75, 3.05) is 0 Å². The van der Waals surface area contributed by atoms with E-state index in [1.165, 1.54) is 36.8 Å². The van der Waals surface area contributed by atoms with Gasteiger partial charge in [-0.25, -0.2) is 0 Å². The molecule has 2 aromatic carbocycles. The summed E-state index contributed by atoms with van der Waals surface area (Å²) in [5.74, 6) is 6.72. The van der Waals surface area contributed by atoms with Gasteiger partial charge in [0.1, 0.15) is 0 Å². The van der Waals surface area contributed by atoms with Gasteiger partial charge in [0.15, 0.2) is 0 Å². The molecule has 22 heavy (non-hydrogen) atoms. The Hall–Kier alpha value is -2.26. The summed E-state index contributed by atoms with van der Waals surface area (Å²) in [5, 5.41) is 0. The van der Waals surface area contributed by atoms with Crippen LogP contribution in [0.25, 0.3) is 11.6 Å². The predicted octanol–water partition coefficient (Wildman–Crippen LogP) is 6.20. The molecule has 0 unspecified atom stereocenters. The maximum atomic E-state index is 3.37. The maximum absolute atomic E-state index is 3.37. The summed E-state index contributed by atoms with van der Waals surface area (Å²) >= 11 is 0. The van der Waals surface area contributed by atoms with Gasteiger partial charge in [-0.1, -0.05) is 98.7 Å². The zero-order chi connectivity index (χ0) is 15.5. The lowest BCUT2D eigenvalue weighted by Crippen LogP contribution is -1.82. The van der Waals surface area contributed by atoms with Gasteiger partial charge in [-0.05, 0) is 23.6 Å². The molecule has 2 rings (SSSR count). The summed E-state index contributed by atoms with van der Waals surface area (Å²) in [6, 6.07) is 20.8. The van der Waals surface area contributed by atoms with Crippen LogP contribution in [0, 0.1) is 11.8 Å². The van der Waals surface area contributed by atoms with E-state index in [0.29, 0.717) is 0 Å². The molecule has 0 radical (unpaired) electrons. The normalized spacial score (nSPS) is 10.9. The summed E-state index contributed by atoms with van der Waals surface area (Å²) < 4.78 is 0. The fourth-order valence-electron chi connectivity index (χ4n) is 2.32. The monoisotopic (exact) mass is 288 g/mol. The molecule has 0 aliphatic carbocycles. The SMILES string of the molecule is CCCCCCC#C/C(=C/c1ccccc1)c1ccccc1. The number of unbranched alkanes of at least 4 members (excludes halogenated alkanes) is 4. The Bertz CT molecular complexity index is 624. The quantitative estimate of drug-likeness (QED) is 0.337. The minimum atomic E-state index is 0.985. The highest BCUT2D eigenvalue weighted by molar-refractivity contribution is 5.90. The molecule has 0 aliphatic heterocycles. The topological polar surface area (TPSA) is 0 Å². The van der Waals surface area contributed by atoms with Crippen LogP contribution in [0.4, 0.5) is 0 Å². The van der Waals surface area contributed by atoms with E-state index in [0.717, 1.165) is 12.0 Å². The standard InChI is InChI=1S/C22H24/c1-2-3-4-5-6-11-18-22(21-16-12-8-13-17-21)19-20-14-9-7-10-15-20/h7-10,12-17,19H,2-6H2,1H3/b22-19-. The van der Waals surface area contributed by atoms with Crippen LogP contribution in [0.1, 0.15) is 50.2 Å². The molecule has 0 saturated heterocycles. The second-order valence-corrected chi connectivity index (χ2v) is 5.45. The minimum absolute atomic E-state index is 0.985. The highest BCUT2D eigenvalue weighted by atomic mass is 14.0. The van der Waals surface area contributed by atoms with E-state index in [4.69, 9.17) is 0 Å². The van der Waals surface area contributed by atoms with Gasteiger partial charge in [-0.15, -0.1) is 0 Å². The summed E-state index contributed by atoms with van der Waals surface area (Å²) in [6.07, 6.45) is 8.24. The molecule has 0 spiro atoms. The summed E-state index contributed by atoms with van der Waals surface area (Å²) in [4.78, 5) is 0. The third-order valence-electron chi connectivity index (χ3n) is 3.57. The first kappa shape index (κ1) is 16.1. The van der Waals surface area contributed by atoms with Crippen LogP contribution in [0.5, 0.6) is 0 Å². The van der Waals surface area contributed by atoms with Gasteiger partial charge in [0, 0.05) is 12.0 Å². The van der Waals surface area contributed by atoms with Crippen molar-refractivity contribution in [2.24, 2.45) is 0 Å². The lowest BCUT2D eigenvalue weighted by molar-refractivity contribution is 0.680. The summed E-state index contributed by atoms with van der Waals surface area (Å²) in [7, 11) is 0. The van der Waals surface area contributed by atoms with Crippen molar-refractivity contribution in [3.05, 3.63) is 71.8 Å². The second-order valence-electron chi connectivity index (χ2n) is 5.45. The molecule has 0 atom stereocenters. The van der Waals surface area contributed by atoms with Crippen LogP contribution in [0.15, 0.2) is 60.7 Å². The lowest BCUT2D eigenvalue weighted by atomic mass is 10.0. The van der Waals surface area contributed by atoms with Gasteiger partial charge in [-0.2, -0.15) is 0 Å². The molecule has 2 aromatic rings. The molecular weight excluding hydrogens is 264 g/mol. The van der Waals surface area contributed by atoms with Gasteiger partial charge >= 0.3 is 0 Å². The number of hydrogen-bond donors (Lipinski definition) is 0. The first-order valence-corrected chi connectivity index (χ1v) is 8.21. The average molecular weight is 288 g/mol. The van der Waals surface area contributed by atoms with Crippen LogP contribution < -0.4 is 0 Å². The van der Waals surface area contributed by atoms with Gasteiger partial charge in [0.2, 0.25) is 0 Å². The zero-order valence-corrected chi connectivity index (χ0v) is 13.4. The van der Waals surface area contributed by atoms with E-state index in [-0.39, 0.29) is 0 Å². The Morgan fingerprint density at radius 2 is 1.55 bits per heavy atom. The molecule has 0 aromatic heterocycles. The van der Waals surface area contributed by atoms with Crippen molar-refractivity contribution >= 4 is 11.6 Å². The Morgan fingerprint density at radius 3 is 2.23 bits per heavy atom. The average Bonchev–Trinajstić information content (AvgIpc) is 2.58. The van der Waals surface area contributed by atoms with E-state index in [2.05, 4.69) is 73.4 Å².